The highest BCUT2D eigenvalue weighted by Crippen LogP contribution is 2.42. The molecule has 2 amide bonds. The van der Waals surface area contributed by atoms with Gasteiger partial charge in [0, 0.05) is 106 Å². The van der Waals surface area contributed by atoms with Crippen molar-refractivity contribution >= 4 is 47.9 Å². The zero-order valence-electron chi connectivity index (χ0n) is 47.0. The highest BCUT2D eigenvalue weighted by atomic mass is 32.1. The summed E-state index contributed by atoms with van der Waals surface area (Å²) in [7, 11) is -4.28. The largest absolute Gasteiger partial charge is 0.507 e. The number of thiazole rings is 1. The van der Waals surface area contributed by atoms with Crippen LogP contribution in [0, 0.1) is 12.8 Å². The molecular formula is C59H74N11O11PS. The fourth-order valence-electron chi connectivity index (χ4n) is 12.6. The van der Waals surface area contributed by atoms with Crippen molar-refractivity contribution in [1.29, 1.82) is 0 Å². The van der Waals surface area contributed by atoms with Gasteiger partial charge in [0.15, 0.2) is 11.6 Å². The number of hydrogen-bond acceptors (Lipinski definition) is 19. The van der Waals surface area contributed by atoms with E-state index in [-0.39, 0.29) is 85.8 Å². The van der Waals surface area contributed by atoms with Gasteiger partial charge in [-0.05, 0) is 91.9 Å². The summed E-state index contributed by atoms with van der Waals surface area (Å²) < 4.78 is 36.5. The molecule has 8 heterocycles. The number of pyridine rings is 1. The van der Waals surface area contributed by atoms with Gasteiger partial charge in [0.2, 0.25) is 17.7 Å². The molecule has 0 spiro atoms. The maximum atomic E-state index is 14.4. The van der Waals surface area contributed by atoms with Crippen LogP contribution >= 0.6 is 18.9 Å². The number of fused-ring (bicyclic) bond motifs is 2. The third-order valence-corrected chi connectivity index (χ3v) is 18.8. The number of β-amino-alcohol motifs (C(OH)–C–C–N with tert-alkyl or cyclic N) is 1. The maximum Gasteiger partial charge on any atom is 0.325 e. The molecule has 2 aromatic carbocycles. The first-order chi connectivity index (χ1) is 40.0. The Kier molecular flexibility index (Phi) is 17.7. The van der Waals surface area contributed by atoms with Gasteiger partial charge < -0.3 is 64.5 Å². The lowest BCUT2D eigenvalue weighted by Gasteiger charge is -2.43. The summed E-state index contributed by atoms with van der Waals surface area (Å²) in [6.45, 7) is 9.95. The van der Waals surface area contributed by atoms with Crippen LogP contribution in [0.3, 0.4) is 0 Å². The van der Waals surface area contributed by atoms with E-state index in [4.69, 9.17) is 24.5 Å². The summed E-state index contributed by atoms with van der Waals surface area (Å²) in [5, 5.41) is 37.1. The molecule has 83 heavy (non-hydrogen) atoms. The molecule has 1 aliphatic carbocycles. The number of nitrogens with zero attached hydrogens (tertiary/aromatic N) is 9. The van der Waals surface area contributed by atoms with Gasteiger partial charge in [-0.25, -0.2) is 9.97 Å². The highest BCUT2D eigenvalue weighted by molar-refractivity contribution is 7.51. The summed E-state index contributed by atoms with van der Waals surface area (Å²) in [4.78, 5) is 66.3. The Bertz CT molecular complexity index is 3240. The molecule has 6 atom stereocenters. The number of likely N-dealkylation sites (tertiary alicyclic amines) is 2. The average Bonchev–Trinajstić information content (AvgIpc) is 3.61. The van der Waals surface area contributed by atoms with Crippen molar-refractivity contribution in [3.8, 4) is 39.2 Å². The summed E-state index contributed by atoms with van der Waals surface area (Å²) in [6.07, 6.45) is 6.83. The Labute approximate surface area is 486 Å². The van der Waals surface area contributed by atoms with Gasteiger partial charge in [-0.2, -0.15) is 0 Å². The second kappa shape index (κ2) is 25.2. The third-order valence-electron chi connectivity index (χ3n) is 16.9. The first kappa shape index (κ1) is 58.1. The smallest absolute Gasteiger partial charge is 0.325 e. The summed E-state index contributed by atoms with van der Waals surface area (Å²) in [5.41, 5.74) is 13.9. The van der Waals surface area contributed by atoms with E-state index in [1.165, 1.54) is 16.2 Å². The molecule has 4 aliphatic heterocycles. The topological polar surface area (TPSA) is 288 Å². The molecule has 6 aromatic rings. The zero-order valence-corrected chi connectivity index (χ0v) is 48.7. The van der Waals surface area contributed by atoms with Crippen LogP contribution in [0.2, 0.25) is 0 Å². The number of ether oxygens (including phenoxy) is 3. The number of piperazine rings is 1. The van der Waals surface area contributed by atoms with Crippen LogP contribution in [0.1, 0.15) is 101 Å². The standard InChI is InChI=1S/C59H74N11O11PS/c1-35(2)55(59(74)69-33-42(71)26-50(69)58(73)63-47(8-6-24-82(75,76)77)37-10-12-38(13-11-37)56-36(3)62-34-83-56)52-30-54(66-81-52)78-23-22-67-20-17-43(18-21-67)79-44-27-45(28-44)80-53-25-39(16-19-61-53)70-40-14-15-41(70)32-68(31-40)49-29-48(64-65-57(49)60)46-7-4-5-9-51(46)72/h4-5,7,9-13,16,19,25,29-30,34-35,40-45,47,50,55,71-72H,6,8,14-15,17-18,20-24,26-28,31-33H2,1-3H3,(H2,60,65)(H,63,73)(H2,75,76,77)/t40-,41?,42-,44?,45?,47?,50+,55-/m1/s1. The lowest BCUT2D eigenvalue weighted by atomic mass is 9.91. The number of carbonyl (C=O) groups is 2. The van der Waals surface area contributed by atoms with Crippen molar-refractivity contribution in [1.82, 2.24) is 40.4 Å². The summed E-state index contributed by atoms with van der Waals surface area (Å²) >= 11 is 1.52. The monoisotopic (exact) mass is 1180 g/mol. The number of phenols is 1. The molecule has 0 radical (unpaired) electrons. The van der Waals surface area contributed by atoms with E-state index < -0.39 is 37.6 Å². The number of rotatable bonds is 22. The van der Waals surface area contributed by atoms with E-state index in [0.717, 1.165) is 97.8 Å². The number of aliphatic hydroxyl groups is 1. The number of aromatic hydroxyl groups is 1. The number of aliphatic hydroxyl groups excluding tert-OH is 1. The van der Waals surface area contributed by atoms with Crippen molar-refractivity contribution < 1.29 is 52.9 Å². The van der Waals surface area contributed by atoms with Crippen LogP contribution in [-0.4, -0.2) is 162 Å². The van der Waals surface area contributed by atoms with Crippen molar-refractivity contribution in [3.63, 3.8) is 0 Å². The number of aromatic nitrogens is 5. The molecule has 4 aromatic heterocycles. The van der Waals surface area contributed by atoms with Crippen LogP contribution in [0.5, 0.6) is 17.5 Å². The molecule has 4 saturated heterocycles. The minimum atomic E-state index is -4.28. The van der Waals surface area contributed by atoms with Crippen molar-refractivity contribution in [2.75, 3.05) is 67.6 Å². The van der Waals surface area contributed by atoms with E-state index in [9.17, 15) is 34.2 Å². The van der Waals surface area contributed by atoms with E-state index in [2.05, 4.69) is 57.5 Å². The van der Waals surface area contributed by atoms with Gasteiger partial charge in [-0.15, -0.1) is 21.5 Å². The van der Waals surface area contributed by atoms with Crippen LogP contribution in [-0.2, 0) is 18.9 Å². The Morgan fingerprint density at radius 3 is 2.37 bits per heavy atom. The highest BCUT2D eigenvalue weighted by Gasteiger charge is 2.45. The average molecular weight is 1180 g/mol. The number of piperidine rings is 1. The second-order valence-corrected chi connectivity index (χ2v) is 25.7. The number of hydrogen-bond donors (Lipinski definition) is 6. The first-order valence-electron chi connectivity index (χ1n) is 28.9. The quantitative estimate of drug-likeness (QED) is 0.0370. The minimum absolute atomic E-state index is 0.0258. The fourth-order valence-corrected chi connectivity index (χ4v) is 14.0. The molecule has 24 heteroatoms. The number of benzene rings is 2. The molecule has 11 rings (SSSR count). The van der Waals surface area contributed by atoms with Gasteiger partial charge in [-0.3, -0.25) is 19.1 Å². The molecule has 2 bridgehead atoms. The fraction of sp³-hybridized carbons (Fsp3) is 0.508. The molecule has 5 fully saturated rings. The lowest BCUT2D eigenvalue weighted by molar-refractivity contribution is -0.141. The Morgan fingerprint density at radius 1 is 0.904 bits per heavy atom. The Morgan fingerprint density at radius 2 is 1.66 bits per heavy atom. The minimum Gasteiger partial charge on any atom is -0.507 e. The zero-order chi connectivity index (χ0) is 57.9. The summed E-state index contributed by atoms with van der Waals surface area (Å²) in [6, 6.07) is 21.4. The third kappa shape index (κ3) is 13.6. The number of nitrogens with two attached hydrogens (primary N) is 1. The van der Waals surface area contributed by atoms with Crippen molar-refractivity contribution in [3.05, 3.63) is 102 Å². The molecule has 5 aliphatic rings. The number of nitrogens with one attached hydrogen (secondary N) is 1. The maximum absolute atomic E-state index is 14.4. The van der Waals surface area contributed by atoms with E-state index in [1.54, 1.807) is 23.7 Å². The Balaban J connectivity index is 0.615. The van der Waals surface area contributed by atoms with Gasteiger partial charge in [0.05, 0.1) is 51.8 Å². The number of para-hydroxylation sites is 1. The lowest BCUT2D eigenvalue weighted by Crippen LogP contribution is -2.54. The van der Waals surface area contributed by atoms with Gasteiger partial charge in [0.1, 0.15) is 30.4 Å². The number of carbonyl (C=O) groups excluding carboxylic acids is 2. The van der Waals surface area contributed by atoms with E-state index >= 15 is 0 Å². The van der Waals surface area contributed by atoms with Crippen LogP contribution < -0.4 is 30.3 Å². The van der Waals surface area contributed by atoms with Crippen molar-refractivity contribution in [2.45, 2.75) is 133 Å². The van der Waals surface area contributed by atoms with E-state index in [0.29, 0.717) is 41.9 Å². The normalized spacial score (nSPS) is 22.9. The second-order valence-electron chi connectivity index (χ2n) is 23.1. The number of anilines is 3. The molecule has 442 valence electrons. The van der Waals surface area contributed by atoms with Crippen LogP contribution in [0.25, 0.3) is 21.7 Å². The van der Waals surface area contributed by atoms with Gasteiger partial charge in [-0.1, -0.05) is 50.2 Å². The molecular weight excluding hydrogens is 1100 g/mol. The number of amides is 2. The molecule has 2 unspecified atom stereocenters. The van der Waals surface area contributed by atoms with Crippen molar-refractivity contribution in [2.24, 2.45) is 5.92 Å². The molecule has 1 saturated carbocycles. The van der Waals surface area contributed by atoms with Crippen LogP contribution in [0.15, 0.2) is 89.0 Å². The van der Waals surface area contributed by atoms with Gasteiger partial charge >= 0.3 is 7.60 Å². The molecule has 7 N–H and O–H groups in total. The first-order valence-corrected chi connectivity index (χ1v) is 31.6. The number of phenolic OH excluding ortho intramolecular Hbond substituents is 1. The van der Waals surface area contributed by atoms with Crippen LogP contribution in [0.4, 0.5) is 17.2 Å². The van der Waals surface area contributed by atoms with Gasteiger partial charge in [0.25, 0.3) is 5.88 Å². The molecule has 22 nitrogen and oxygen atoms in total. The SMILES string of the molecule is Cc1ncsc1-c1ccc(C(CCCP(=O)(O)O)NC(=O)[C@@H]2C[C@@H](O)CN2C(=O)[C@@H](c2cc(OCCN3CCC(OC4CC(Oc5cc(N6C7CC[C@@H]6CN(c6cc(-c8ccccc8O)nnc6N)C7)ccn5)C4)CC3)no2)C(C)C)cc1. The number of aryl methyl sites for hydroxylation is 1. The van der Waals surface area contributed by atoms with E-state index in [1.807, 2.05) is 69.4 Å². The number of nitrogen functional groups attached to an aromatic ring is 1. The predicted octanol–water partition coefficient (Wildman–Crippen LogP) is 7.09. The predicted molar refractivity (Wildman–Crippen MR) is 312 cm³/mol. The Hall–Kier alpha value is -6.72. The summed E-state index contributed by atoms with van der Waals surface area (Å²) in [5.74, 6) is -0.242.